The molecule has 0 aliphatic heterocycles. The van der Waals surface area contributed by atoms with Gasteiger partial charge in [0.1, 0.15) is 0 Å². The zero-order valence-corrected chi connectivity index (χ0v) is 32.5. The summed E-state index contributed by atoms with van der Waals surface area (Å²) in [5, 5.41) is 0. The van der Waals surface area contributed by atoms with E-state index in [1.165, 1.54) is 0 Å². The van der Waals surface area contributed by atoms with Gasteiger partial charge in [0, 0.05) is 65.7 Å². The molecule has 0 heterocycles. The first-order valence-electron chi connectivity index (χ1n) is 11.5. The second-order valence-corrected chi connectivity index (χ2v) is 116. The molecule has 0 spiro atoms. The Balaban J connectivity index is 7.83. The van der Waals surface area contributed by atoms with Crippen molar-refractivity contribution >= 4 is 65.7 Å². The lowest BCUT2D eigenvalue weighted by atomic mass is 11.8. The van der Waals surface area contributed by atoms with Gasteiger partial charge in [-0.2, -0.15) is 0 Å². The highest BCUT2D eigenvalue weighted by molar-refractivity contribution is 8.22. The van der Waals surface area contributed by atoms with Crippen molar-refractivity contribution in [3.8, 4) is 0 Å². The van der Waals surface area contributed by atoms with Gasteiger partial charge >= 0.3 is 0 Å². The summed E-state index contributed by atoms with van der Waals surface area (Å²) >= 11 is 0. The second-order valence-electron chi connectivity index (χ2n) is 15.6. The van der Waals surface area contributed by atoms with E-state index in [0.717, 1.165) is 0 Å². The van der Waals surface area contributed by atoms with E-state index in [1.807, 2.05) is 0 Å². The Labute approximate surface area is 189 Å². The van der Waals surface area contributed by atoms with Crippen molar-refractivity contribution in [1.82, 2.24) is 0 Å². The van der Waals surface area contributed by atoms with Crippen LogP contribution in [0.5, 0.6) is 0 Å². The van der Waals surface area contributed by atoms with Gasteiger partial charge in [0.05, 0.1) is 0 Å². The average molecular weight is 538 g/mol. The maximum atomic E-state index is 3.05. The molecule has 0 aliphatic carbocycles. The van der Waals surface area contributed by atoms with Crippen molar-refractivity contribution < 1.29 is 0 Å². The van der Waals surface area contributed by atoms with Crippen LogP contribution in [0.25, 0.3) is 0 Å². The molecular formula is C19H57Si9. The molecule has 0 aliphatic rings. The van der Waals surface area contributed by atoms with Crippen molar-refractivity contribution in [2.24, 2.45) is 0 Å². The van der Waals surface area contributed by atoms with Gasteiger partial charge in [0.25, 0.3) is 0 Å². The smallest absolute Gasteiger partial charge is 0.0308 e. The molecule has 0 nitrogen and oxygen atoms in total. The summed E-state index contributed by atoms with van der Waals surface area (Å²) in [6.45, 7) is 54.6. The zero-order chi connectivity index (χ0) is 23.6. The third-order valence-corrected chi connectivity index (χ3v) is 233. The molecule has 0 atom stereocenters. The van der Waals surface area contributed by atoms with Crippen LogP contribution in [0.15, 0.2) is 0 Å². The van der Waals surface area contributed by atoms with Crippen molar-refractivity contribution in [3.05, 3.63) is 0 Å². The van der Waals surface area contributed by atoms with E-state index < -0.39 is 57.8 Å². The van der Waals surface area contributed by atoms with Crippen molar-refractivity contribution in [2.45, 2.75) is 124 Å². The molecule has 0 rings (SSSR count). The van der Waals surface area contributed by atoms with Gasteiger partial charge in [-0.05, 0) is 0 Å². The fraction of sp³-hybridized carbons (Fsp3) is 1.00. The molecule has 0 bridgehead atoms. The van der Waals surface area contributed by atoms with Gasteiger partial charge in [-0.15, -0.1) is 0 Å². The lowest BCUT2D eigenvalue weighted by molar-refractivity contribution is 1.74. The number of hydrogen-bond acceptors (Lipinski definition) is 0. The van der Waals surface area contributed by atoms with Gasteiger partial charge in [0.15, 0.2) is 0 Å². The minimum atomic E-state index is -1.28. The molecule has 0 amide bonds. The topological polar surface area (TPSA) is 0 Å². The van der Waals surface area contributed by atoms with Crippen molar-refractivity contribution in [2.75, 3.05) is 0 Å². The standard InChI is InChI=1S/C19H57Si9/c1-20(27(21(2,3)4,22(5,6)7)23(8,9)10)28(24(11,12)13,25(14,15)16)26(17,18)19/h1-19H3. The van der Waals surface area contributed by atoms with Gasteiger partial charge in [-0.25, -0.2) is 0 Å². The SMILES string of the molecule is C[Si]([Si]([Si](C)(C)C)([Si](C)(C)C)[Si](C)(C)C)[Si]([Si](C)(C)C)([Si](C)(C)C)[Si](C)(C)C. The van der Waals surface area contributed by atoms with E-state index >= 15 is 0 Å². The Morgan fingerprint density at radius 2 is 0.393 bits per heavy atom. The minimum absolute atomic E-state index is 0.281. The van der Waals surface area contributed by atoms with Crippen molar-refractivity contribution in [3.63, 3.8) is 0 Å². The largest absolute Gasteiger partial charge is 0.0762 e. The fourth-order valence-electron chi connectivity index (χ4n) is 10.4. The summed E-state index contributed by atoms with van der Waals surface area (Å²) in [6, 6.07) is 0. The van der Waals surface area contributed by atoms with E-state index in [4.69, 9.17) is 0 Å². The quantitative estimate of drug-likeness (QED) is 0.279. The third-order valence-electron chi connectivity index (χ3n) is 7.88. The Bertz CT molecular complexity index is 421. The fourth-order valence-corrected chi connectivity index (χ4v) is 402. The molecule has 1 radical (unpaired) electrons. The van der Waals surface area contributed by atoms with E-state index in [0.29, 0.717) is 0 Å². The summed E-state index contributed by atoms with van der Waals surface area (Å²) in [5.74, 6) is 0. The molecule has 9 heteroatoms. The summed E-state index contributed by atoms with van der Waals surface area (Å²) in [5.41, 5.74) is 0. The second kappa shape index (κ2) is 8.07. The highest BCUT2D eigenvalue weighted by Crippen LogP contribution is 2.48. The van der Waals surface area contributed by atoms with E-state index in [2.05, 4.69) is 124 Å². The van der Waals surface area contributed by atoms with Crippen LogP contribution in [0.4, 0.5) is 0 Å². The molecule has 0 saturated heterocycles. The summed E-state index contributed by atoms with van der Waals surface area (Å²) < 4.78 is 0. The van der Waals surface area contributed by atoms with Crippen LogP contribution < -0.4 is 0 Å². The lowest BCUT2D eigenvalue weighted by Gasteiger charge is -2.70. The summed E-state index contributed by atoms with van der Waals surface area (Å²) in [6.07, 6.45) is -2.57. The number of rotatable bonds is 8. The van der Waals surface area contributed by atoms with Gasteiger partial charge in [0.2, 0.25) is 0 Å². The van der Waals surface area contributed by atoms with Crippen LogP contribution in [0.3, 0.4) is 0 Å². The van der Waals surface area contributed by atoms with E-state index in [-0.39, 0.29) is 7.83 Å². The highest BCUT2D eigenvalue weighted by Gasteiger charge is 2.74. The van der Waals surface area contributed by atoms with Crippen LogP contribution >= 0.6 is 0 Å². The van der Waals surface area contributed by atoms with Crippen LogP contribution in [-0.2, 0) is 0 Å². The van der Waals surface area contributed by atoms with Crippen LogP contribution in [0.1, 0.15) is 0 Å². The Kier molecular flexibility index (Phi) is 8.63. The molecule has 0 unspecified atom stereocenters. The Hall–Kier alpha value is 1.95. The first-order chi connectivity index (χ1) is 11.7. The van der Waals surface area contributed by atoms with Gasteiger partial charge in [-0.3, -0.25) is 0 Å². The maximum Gasteiger partial charge on any atom is 0.0308 e. The molecule has 0 fully saturated rings. The monoisotopic (exact) mass is 537 g/mol. The lowest BCUT2D eigenvalue weighted by Crippen LogP contribution is -3.01. The first-order valence-corrected chi connectivity index (χ1v) is 46.5. The third kappa shape index (κ3) is 4.40. The summed E-state index contributed by atoms with van der Waals surface area (Å²) in [4.78, 5) is 0. The van der Waals surface area contributed by atoms with Crippen LogP contribution in [-0.4, -0.2) is 65.7 Å². The predicted octanol–water partition coefficient (Wildman–Crippen LogP) is 7.67. The van der Waals surface area contributed by atoms with E-state index in [1.54, 1.807) is 0 Å². The summed E-state index contributed by atoms with van der Waals surface area (Å²) in [7, 11) is -7.53. The Morgan fingerprint density at radius 3 is 0.464 bits per heavy atom. The zero-order valence-electron chi connectivity index (χ0n) is 23.5. The molecule has 28 heavy (non-hydrogen) atoms. The van der Waals surface area contributed by atoms with Crippen LogP contribution in [0.2, 0.25) is 124 Å². The normalized spacial score (nSPS) is 16.7. The molecule has 0 aromatic carbocycles. The average Bonchev–Trinajstić information content (AvgIpc) is 2.14. The molecule has 169 valence electrons. The van der Waals surface area contributed by atoms with Gasteiger partial charge < -0.3 is 0 Å². The Morgan fingerprint density at radius 1 is 0.286 bits per heavy atom. The maximum absolute atomic E-state index is 3.05. The van der Waals surface area contributed by atoms with E-state index in [9.17, 15) is 0 Å². The molecule has 0 aromatic rings. The molecule has 0 saturated carbocycles. The minimum Gasteiger partial charge on any atom is -0.0762 e. The number of hydrogen-bond donors (Lipinski definition) is 0. The first kappa shape index (κ1) is 30.0. The molecule has 0 N–H and O–H groups in total. The highest BCUT2D eigenvalue weighted by atomic mass is 30.4. The molecular weight excluding hydrogens is 481 g/mol. The predicted molar refractivity (Wildman–Crippen MR) is 163 cm³/mol. The van der Waals surface area contributed by atoms with Gasteiger partial charge in [-0.1, -0.05) is 124 Å². The van der Waals surface area contributed by atoms with Crippen LogP contribution in [0, 0.1) is 0 Å². The molecule has 0 aromatic heterocycles. The van der Waals surface area contributed by atoms with Crippen molar-refractivity contribution in [1.29, 1.82) is 0 Å².